The smallest absolute Gasteiger partial charge is 0.160 e. The minimum Gasteiger partial charge on any atom is -0.294 e. The number of hydrogen-bond acceptors (Lipinski definition) is 2. The van der Waals surface area contributed by atoms with Crippen LogP contribution in [0.5, 0.6) is 0 Å². The van der Waals surface area contributed by atoms with Crippen LogP contribution in [0.1, 0.15) is 22.3 Å². The molecule has 0 bridgehead atoms. The molecule has 0 fully saturated rings. The first kappa shape index (κ1) is 7.68. The van der Waals surface area contributed by atoms with Crippen LogP contribution in [0, 0.1) is 0 Å². The van der Waals surface area contributed by atoms with E-state index in [1.807, 2.05) is 12.3 Å². The SMILES string of the molecule is O=C1C=Cc2cc3c(cc2C1)CN=C3. The average molecular weight is 183 g/mol. The van der Waals surface area contributed by atoms with Gasteiger partial charge >= 0.3 is 0 Å². The molecule has 1 aliphatic carbocycles. The van der Waals surface area contributed by atoms with E-state index >= 15 is 0 Å². The van der Waals surface area contributed by atoms with Gasteiger partial charge in [0.25, 0.3) is 0 Å². The monoisotopic (exact) mass is 183 g/mol. The molecule has 1 heterocycles. The number of carbonyl (C=O) groups excluding carboxylic acids is 1. The van der Waals surface area contributed by atoms with Gasteiger partial charge < -0.3 is 0 Å². The molecule has 68 valence electrons. The number of ketones is 1. The fourth-order valence-corrected chi connectivity index (χ4v) is 1.97. The summed E-state index contributed by atoms with van der Waals surface area (Å²) >= 11 is 0. The van der Waals surface area contributed by atoms with Crippen molar-refractivity contribution >= 4 is 18.1 Å². The summed E-state index contributed by atoms with van der Waals surface area (Å²) in [6, 6.07) is 4.23. The summed E-state index contributed by atoms with van der Waals surface area (Å²) < 4.78 is 0. The second kappa shape index (κ2) is 2.64. The number of allylic oxidation sites excluding steroid dienone is 1. The molecule has 0 amide bonds. The number of nitrogens with zero attached hydrogens (tertiary/aromatic N) is 1. The maximum Gasteiger partial charge on any atom is 0.160 e. The molecule has 14 heavy (non-hydrogen) atoms. The minimum atomic E-state index is 0.191. The molecule has 2 heteroatoms. The van der Waals surface area contributed by atoms with Crippen LogP contribution in [-0.4, -0.2) is 12.0 Å². The molecule has 3 rings (SSSR count). The summed E-state index contributed by atoms with van der Waals surface area (Å²) in [5.74, 6) is 0.191. The van der Waals surface area contributed by atoms with Crippen molar-refractivity contribution < 1.29 is 4.79 Å². The van der Waals surface area contributed by atoms with Gasteiger partial charge in [-0.3, -0.25) is 9.79 Å². The molecule has 0 saturated carbocycles. The molecule has 2 nitrogen and oxygen atoms in total. The summed E-state index contributed by atoms with van der Waals surface area (Å²) in [5.41, 5.74) is 4.74. The van der Waals surface area contributed by atoms with Crippen LogP contribution in [0.2, 0.25) is 0 Å². The molecule has 0 unspecified atom stereocenters. The molecule has 1 aliphatic heterocycles. The van der Waals surface area contributed by atoms with Gasteiger partial charge in [0.05, 0.1) is 6.54 Å². The Morgan fingerprint density at radius 3 is 2.93 bits per heavy atom. The Morgan fingerprint density at radius 1 is 1.07 bits per heavy atom. The average Bonchev–Trinajstić information content (AvgIpc) is 2.61. The largest absolute Gasteiger partial charge is 0.294 e. The van der Waals surface area contributed by atoms with E-state index in [0.29, 0.717) is 6.42 Å². The van der Waals surface area contributed by atoms with Crippen LogP contribution in [0.15, 0.2) is 23.2 Å². The first-order chi connectivity index (χ1) is 6.83. The van der Waals surface area contributed by atoms with Gasteiger partial charge in [-0.1, -0.05) is 12.1 Å². The van der Waals surface area contributed by atoms with Crippen LogP contribution in [0.3, 0.4) is 0 Å². The fourth-order valence-electron chi connectivity index (χ4n) is 1.97. The molecule has 0 aromatic heterocycles. The van der Waals surface area contributed by atoms with E-state index in [9.17, 15) is 4.79 Å². The summed E-state index contributed by atoms with van der Waals surface area (Å²) in [7, 11) is 0. The highest BCUT2D eigenvalue weighted by Crippen LogP contribution is 2.24. The van der Waals surface area contributed by atoms with Crippen LogP contribution in [0.4, 0.5) is 0 Å². The number of fused-ring (bicyclic) bond motifs is 2. The van der Waals surface area contributed by atoms with E-state index in [4.69, 9.17) is 0 Å². The van der Waals surface area contributed by atoms with Gasteiger partial charge in [0.2, 0.25) is 0 Å². The van der Waals surface area contributed by atoms with Gasteiger partial charge in [0.15, 0.2) is 5.78 Å². The van der Waals surface area contributed by atoms with E-state index in [0.717, 1.165) is 17.7 Å². The summed E-state index contributed by atoms with van der Waals surface area (Å²) in [6.07, 6.45) is 5.99. The summed E-state index contributed by atoms with van der Waals surface area (Å²) in [5, 5.41) is 0. The number of hydrogen-bond donors (Lipinski definition) is 0. The van der Waals surface area contributed by atoms with Gasteiger partial charge in [-0.15, -0.1) is 0 Å². The summed E-state index contributed by atoms with van der Waals surface area (Å²) in [6.45, 7) is 0.764. The number of carbonyl (C=O) groups is 1. The number of rotatable bonds is 0. The first-order valence-corrected chi connectivity index (χ1v) is 4.69. The van der Waals surface area contributed by atoms with Crippen molar-refractivity contribution in [2.24, 2.45) is 4.99 Å². The lowest BCUT2D eigenvalue weighted by Gasteiger charge is -2.11. The van der Waals surface area contributed by atoms with Gasteiger partial charge in [0.1, 0.15) is 0 Å². The van der Waals surface area contributed by atoms with E-state index in [1.165, 1.54) is 11.1 Å². The van der Waals surface area contributed by atoms with Crippen LogP contribution < -0.4 is 0 Å². The highest BCUT2D eigenvalue weighted by atomic mass is 16.1. The first-order valence-electron chi connectivity index (χ1n) is 4.69. The van der Waals surface area contributed by atoms with E-state index in [-0.39, 0.29) is 5.78 Å². The van der Waals surface area contributed by atoms with E-state index in [2.05, 4.69) is 17.1 Å². The Bertz CT molecular complexity index is 483. The number of benzene rings is 1. The van der Waals surface area contributed by atoms with Crippen LogP contribution in [0.25, 0.3) is 6.08 Å². The zero-order valence-corrected chi connectivity index (χ0v) is 7.66. The summed E-state index contributed by atoms with van der Waals surface area (Å²) in [4.78, 5) is 15.4. The normalized spacial score (nSPS) is 17.0. The molecule has 0 N–H and O–H groups in total. The van der Waals surface area contributed by atoms with Crippen LogP contribution in [-0.2, 0) is 17.8 Å². The predicted octanol–water partition coefficient (Wildman–Crippen LogP) is 1.76. The van der Waals surface area contributed by atoms with Gasteiger partial charge in [-0.2, -0.15) is 0 Å². The third kappa shape index (κ3) is 1.04. The van der Waals surface area contributed by atoms with Crippen molar-refractivity contribution in [3.8, 4) is 0 Å². The third-order valence-electron chi connectivity index (χ3n) is 2.71. The standard InChI is InChI=1S/C12H9NO/c14-12-2-1-8-3-10-6-13-7-11(10)4-9(8)5-12/h1-4,6H,5,7H2. The highest BCUT2D eigenvalue weighted by molar-refractivity contribution is 5.99. The van der Waals surface area contributed by atoms with Crippen molar-refractivity contribution in [1.82, 2.24) is 0 Å². The second-order valence-electron chi connectivity index (χ2n) is 3.70. The molecule has 0 atom stereocenters. The molecular formula is C12H9NO. The molecule has 1 aromatic rings. The molecular weight excluding hydrogens is 174 g/mol. The Balaban J connectivity index is 2.19. The fraction of sp³-hybridized carbons (Fsp3) is 0.167. The van der Waals surface area contributed by atoms with E-state index < -0.39 is 0 Å². The topological polar surface area (TPSA) is 29.4 Å². The van der Waals surface area contributed by atoms with Crippen molar-refractivity contribution in [2.45, 2.75) is 13.0 Å². The second-order valence-corrected chi connectivity index (χ2v) is 3.70. The molecule has 0 radical (unpaired) electrons. The Labute approximate surface area is 82.0 Å². The molecule has 0 spiro atoms. The van der Waals surface area contributed by atoms with Crippen LogP contribution >= 0.6 is 0 Å². The molecule has 2 aliphatic rings. The van der Waals surface area contributed by atoms with E-state index in [1.54, 1.807) is 6.08 Å². The third-order valence-corrected chi connectivity index (χ3v) is 2.71. The van der Waals surface area contributed by atoms with Crippen molar-refractivity contribution in [3.05, 3.63) is 40.5 Å². The minimum absolute atomic E-state index is 0.191. The van der Waals surface area contributed by atoms with Crippen molar-refractivity contribution in [2.75, 3.05) is 0 Å². The Morgan fingerprint density at radius 2 is 2.00 bits per heavy atom. The quantitative estimate of drug-likeness (QED) is 0.602. The lowest BCUT2D eigenvalue weighted by Crippen LogP contribution is -2.06. The molecule has 1 aromatic carbocycles. The van der Waals surface area contributed by atoms with Gasteiger partial charge in [-0.05, 0) is 34.4 Å². The Hall–Kier alpha value is -1.70. The molecule has 0 saturated heterocycles. The van der Waals surface area contributed by atoms with Crippen molar-refractivity contribution in [3.63, 3.8) is 0 Å². The van der Waals surface area contributed by atoms with Gasteiger partial charge in [-0.25, -0.2) is 0 Å². The zero-order valence-electron chi connectivity index (χ0n) is 7.66. The maximum absolute atomic E-state index is 11.2. The van der Waals surface area contributed by atoms with Crippen molar-refractivity contribution in [1.29, 1.82) is 0 Å². The predicted molar refractivity (Wildman–Crippen MR) is 55.5 cm³/mol. The lowest BCUT2D eigenvalue weighted by molar-refractivity contribution is -0.114. The highest BCUT2D eigenvalue weighted by Gasteiger charge is 2.14. The lowest BCUT2D eigenvalue weighted by atomic mass is 9.92. The number of aliphatic imine (C=N–C) groups is 1. The Kier molecular flexibility index (Phi) is 1.45. The van der Waals surface area contributed by atoms with Gasteiger partial charge in [0, 0.05) is 12.6 Å². The maximum atomic E-state index is 11.2. The zero-order chi connectivity index (χ0) is 9.54.